The Kier molecular flexibility index (Phi) is 2.04. The third-order valence-electron chi connectivity index (χ3n) is 2.48. The molecule has 16 heavy (non-hydrogen) atoms. The lowest BCUT2D eigenvalue weighted by atomic mass is 10.2. The fourth-order valence-corrected chi connectivity index (χ4v) is 1.67. The highest BCUT2D eigenvalue weighted by molar-refractivity contribution is 5.55. The van der Waals surface area contributed by atoms with Gasteiger partial charge in [-0.05, 0) is 29.8 Å². The Hall–Kier alpha value is -2.00. The van der Waals surface area contributed by atoms with Gasteiger partial charge in [-0.15, -0.1) is 0 Å². The van der Waals surface area contributed by atoms with E-state index in [0.29, 0.717) is 23.0 Å². The fourth-order valence-electron chi connectivity index (χ4n) is 1.67. The minimum absolute atomic E-state index is 0.00170. The molecule has 0 amide bonds. The minimum atomic E-state index is -0.00170. The molecule has 0 aromatic heterocycles. The highest BCUT2D eigenvalue weighted by Crippen LogP contribution is 2.44. The van der Waals surface area contributed by atoms with Gasteiger partial charge in [-0.3, -0.25) is 0 Å². The number of aliphatic hydroxyl groups excluding tert-OH is 1. The van der Waals surface area contributed by atoms with Gasteiger partial charge in [-0.1, -0.05) is 18.2 Å². The van der Waals surface area contributed by atoms with Gasteiger partial charge in [-0.2, -0.15) is 0 Å². The molecule has 80 valence electrons. The van der Waals surface area contributed by atoms with Crippen LogP contribution in [0.3, 0.4) is 0 Å². The summed E-state index contributed by atoms with van der Waals surface area (Å²) in [5.41, 5.74) is 0.807. The zero-order valence-electron chi connectivity index (χ0n) is 8.51. The van der Waals surface area contributed by atoms with Crippen LogP contribution >= 0.6 is 0 Å². The maximum absolute atomic E-state index is 9.04. The molecule has 0 aliphatic carbocycles. The molecule has 3 nitrogen and oxygen atoms in total. The first kappa shape index (κ1) is 9.24. The molecule has 0 saturated heterocycles. The topological polar surface area (TPSA) is 38.7 Å². The number of hydrogen-bond acceptors (Lipinski definition) is 3. The number of rotatable bonds is 1. The van der Waals surface area contributed by atoms with Crippen molar-refractivity contribution >= 4 is 0 Å². The first-order valence-corrected chi connectivity index (χ1v) is 5.05. The molecule has 0 bridgehead atoms. The molecule has 0 radical (unpaired) electrons. The van der Waals surface area contributed by atoms with E-state index in [1.807, 2.05) is 30.3 Å². The second-order valence-corrected chi connectivity index (χ2v) is 3.59. The largest absolute Gasteiger partial charge is 0.450 e. The molecule has 0 spiro atoms. The van der Waals surface area contributed by atoms with Crippen LogP contribution in [0.2, 0.25) is 0 Å². The van der Waals surface area contributed by atoms with Crippen molar-refractivity contribution in [2.75, 3.05) is 0 Å². The Balaban J connectivity index is 2.05. The molecule has 0 saturated carbocycles. The van der Waals surface area contributed by atoms with Crippen LogP contribution in [0.15, 0.2) is 42.5 Å². The van der Waals surface area contributed by atoms with Crippen LogP contribution in [0.25, 0.3) is 0 Å². The van der Waals surface area contributed by atoms with Gasteiger partial charge < -0.3 is 14.6 Å². The maximum atomic E-state index is 9.04. The highest BCUT2D eigenvalue weighted by Gasteiger charge is 2.17. The number of hydrogen-bond donors (Lipinski definition) is 1. The highest BCUT2D eigenvalue weighted by atomic mass is 16.6. The maximum Gasteiger partial charge on any atom is 0.170 e. The van der Waals surface area contributed by atoms with Gasteiger partial charge in [0.1, 0.15) is 0 Å². The smallest absolute Gasteiger partial charge is 0.170 e. The summed E-state index contributed by atoms with van der Waals surface area (Å²) >= 11 is 0. The molecule has 2 aromatic carbocycles. The van der Waals surface area contributed by atoms with Crippen molar-refractivity contribution in [1.29, 1.82) is 0 Å². The number of fused-ring (bicyclic) bond motifs is 2. The van der Waals surface area contributed by atoms with E-state index in [0.717, 1.165) is 5.56 Å². The van der Waals surface area contributed by atoms with Crippen LogP contribution in [0.5, 0.6) is 23.0 Å². The van der Waals surface area contributed by atoms with E-state index in [9.17, 15) is 0 Å². The minimum Gasteiger partial charge on any atom is -0.450 e. The van der Waals surface area contributed by atoms with Crippen molar-refractivity contribution in [3.8, 4) is 23.0 Å². The van der Waals surface area contributed by atoms with E-state index < -0.39 is 0 Å². The lowest BCUT2D eigenvalue weighted by Gasteiger charge is -2.20. The van der Waals surface area contributed by atoms with E-state index in [1.54, 1.807) is 12.1 Å². The molecule has 3 heteroatoms. The first-order valence-electron chi connectivity index (χ1n) is 5.05. The van der Waals surface area contributed by atoms with Crippen molar-refractivity contribution in [3.05, 3.63) is 48.0 Å². The van der Waals surface area contributed by atoms with Crippen LogP contribution in [0.1, 0.15) is 5.56 Å². The lowest BCUT2D eigenvalue weighted by Crippen LogP contribution is -1.99. The second kappa shape index (κ2) is 3.54. The van der Waals surface area contributed by atoms with Crippen LogP contribution in [-0.4, -0.2) is 5.11 Å². The summed E-state index contributed by atoms with van der Waals surface area (Å²) in [4.78, 5) is 0. The van der Waals surface area contributed by atoms with Crippen molar-refractivity contribution in [2.24, 2.45) is 0 Å². The fraction of sp³-hybridized carbons (Fsp3) is 0.0769. The molecule has 2 aromatic rings. The summed E-state index contributed by atoms with van der Waals surface area (Å²) in [5, 5.41) is 9.04. The van der Waals surface area contributed by atoms with Crippen molar-refractivity contribution < 1.29 is 14.6 Å². The Morgan fingerprint density at radius 1 is 0.812 bits per heavy atom. The third kappa shape index (κ3) is 1.42. The lowest BCUT2D eigenvalue weighted by molar-refractivity contribution is 0.280. The summed E-state index contributed by atoms with van der Waals surface area (Å²) in [6.07, 6.45) is 0. The Morgan fingerprint density at radius 2 is 1.44 bits per heavy atom. The molecule has 1 N–H and O–H groups in total. The third-order valence-corrected chi connectivity index (χ3v) is 2.48. The molecule has 0 fully saturated rings. The van der Waals surface area contributed by atoms with E-state index in [-0.39, 0.29) is 6.61 Å². The molecule has 3 rings (SSSR count). The summed E-state index contributed by atoms with van der Waals surface area (Å²) in [7, 11) is 0. The Morgan fingerprint density at radius 3 is 2.12 bits per heavy atom. The van der Waals surface area contributed by atoms with Gasteiger partial charge in [0.05, 0.1) is 6.61 Å². The average Bonchev–Trinajstić information content (AvgIpc) is 2.35. The van der Waals surface area contributed by atoms with Crippen LogP contribution in [0.4, 0.5) is 0 Å². The van der Waals surface area contributed by atoms with Gasteiger partial charge in [0.25, 0.3) is 0 Å². The standard InChI is InChI=1S/C13H10O3/c14-8-9-5-6-12-13(7-9)16-11-4-2-1-3-10(11)15-12/h1-7,14H,8H2. The van der Waals surface area contributed by atoms with E-state index in [1.165, 1.54) is 0 Å². The zero-order chi connectivity index (χ0) is 11.0. The monoisotopic (exact) mass is 214 g/mol. The van der Waals surface area contributed by atoms with E-state index in [2.05, 4.69) is 0 Å². The van der Waals surface area contributed by atoms with Crippen LogP contribution in [0, 0.1) is 0 Å². The number of ether oxygens (including phenoxy) is 2. The predicted octanol–water partition coefficient (Wildman–Crippen LogP) is 3.08. The van der Waals surface area contributed by atoms with Gasteiger partial charge in [-0.25, -0.2) is 0 Å². The quantitative estimate of drug-likeness (QED) is 0.676. The van der Waals surface area contributed by atoms with Crippen molar-refractivity contribution in [1.82, 2.24) is 0 Å². The van der Waals surface area contributed by atoms with Gasteiger partial charge in [0, 0.05) is 0 Å². The summed E-state index contributed by atoms with van der Waals surface area (Å²) in [6, 6.07) is 12.9. The number of benzene rings is 2. The van der Waals surface area contributed by atoms with Crippen LogP contribution < -0.4 is 9.47 Å². The Labute approximate surface area is 92.9 Å². The molecule has 1 heterocycles. The molecule has 0 atom stereocenters. The normalized spacial score (nSPS) is 12.1. The summed E-state index contributed by atoms with van der Waals surface area (Å²) in [5.74, 6) is 2.73. The van der Waals surface area contributed by atoms with E-state index in [4.69, 9.17) is 14.6 Å². The Bertz CT molecular complexity index is 534. The van der Waals surface area contributed by atoms with E-state index >= 15 is 0 Å². The molecule has 1 aliphatic rings. The molecule has 1 aliphatic heterocycles. The first-order chi connectivity index (χ1) is 7.86. The summed E-state index contributed by atoms with van der Waals surface area (Å²) in [6.45, 7) is -0.00170. The number of aliphatic hydroxyl groups is 1. The second-order valence-electron chi connectivity index (χ2n) is 3.59. The summed E-state index contributed by atoms with van der Waals surface area (Å²) < 4.78 is 11.4. The van der Waals surface area contributed by atoms with Crippen LogP contribution in [-0.2, 0) is 6.61 Å². The average molecular weight is 214 g/mol. The van der Waals surface area contributed by atoms with Gasteiger partial charge in [0.15, 0.2) is 23.0 Å². The molecule has 0 unspecified atom stereocenters. The van der Waals surface area contributed by atoms with Crippen molar-refractivity contribution in [2.45, 2.75) is 6.61 Å². The zero-order valence-corrected chi connectivity index (χ0v) is 8.51. The van der Waals surface area contributed by atoms with Gasteiger partial charge >= 0.3 is 0 Å². The predicted molar refractivity (Wildman–Crippen MR) is 59.0 cm³/mol. The molecular weight excluding hydrogens is 204 g/mol. The van der Waals surface area contributed by atoms with Crippen molar-refractivity contribution in [3.63, 3.8) is 0 Å². The SMILES string of the molecule is OCc1ccc2c(c1)Oc1ccccc1O2. The molecular formula is C13H10O3. The number of para-hydroxylation sites is 2. The van der Waals surface area contributed by atoms with Gasteiger partial charge in [0.2, 0.25) is 0 Å².